The van der Waals surface area contributed by atoms with E-state index in [0.717, 1.165) is 32.8 Å². The highest BCUT2D eigenvalue weighted by Gasteiger charge is 2.14. The maximum atomic E-state index is 10.5. The Morgan fingerprint density at radius 2 is 2.10 bits per heavy atom. The summed E-state index contributed by atoms with van der Waals surface area (Å²) in [7, 11) is 3.36. The summed E-state index contributed by atoms with van der Waals surface area (Å²) in [6, 6.07) is 5.16. The smallest absolute Gasteiger partial charge is 0.266 e. The first-order chi connectivity index (χ1) is 10.2. The van der Waals surface area contributed by atoms with E-state index in [0.29, 0.717) is 0 Å². The SMILES string of the molecule is COCCN1CCn2nccc2C1.Cn1ncccc1=O. The van der Waals surface area contributed by atoms with Gasteiger partial charge in [0.15, 0.2) is 0 Å². The zero-order valence-corrected chi connectivity index (χ0v) is 12.5. The lowest BCUT2D eigenvalue weighted by atomic mass is 10.3. The lowest BCUT2D eigenvalue weighted by molar-refractivity contribution is 0.129. The normalized spacial score (nSPS) is 14.2. The molecule has 0 unspecified atom stereocenters. The Morgan fingerprint density at radius 3 is 2.76 bits per heavy atom. The van der Waals surface area contributed by atoms with Crippen molar-refractivity contribution in [2.75, 3.05) is 26.8 Å². The van der Waals surface area contributed by atoms with Gasteiger partial charge in [0.05, 0.1) is 18.8 Å². The Kier molecular flexibility index (Phi) is 5.65. The molecule has 0 amide bonds. The molecule has 0 aromatic carbocycles. The fraction of sp³-hybridized carbons (Fsp3) is 0.500. The second-order valence-electron chi connectivity index (χ2n) is 4.80. The first kappa shape index (κ1) is 15.4. The van der Waals surface area contributed by atoms with E-state index in [2.05, 4.69) is 25.8 Å². The Hall–Kier alpha value is -1.99. The molecular formula is C14H21N5O2. The van der Waals surface area contributed by atoms with Crippen LogP contribution in [0.1, 0.15) is 5.69 Å². The molecule has 3 heterocycles. The van der Waals surface area contributed by atoms with Gasteiger partial charge in [-0.25, -0.2) is 4.68 Å². The maximum absolute atomic E-state index is 10.5. The van der Waals surface area contributed by atoms with Crippen LogP contribution in [0, 0.1) is 0 Å². The molecule has 21 heavy (non-hydrogen) atoms. The highest BCUT2D eigenvalue weighted by atomic mass is 16.5. The zero-order valence-electron chi connectivity index (χ0n) is 12.5. The number of hydrogen-bond donors (Lipinski definition) is 0. The van der Waals surface area contributed by atoms with Crippen molar-refractivity contribution in [3.8, 4) is 0 Å². The summed E-state index contributed by atoms with van der Waals surface area (Å²) in [5.74, 6) is 0. The molecule has 0 spiro atoms. The summed E-state index contributed by atoms with van der Waals surface area (Å²) >= 11 is 0. The molecule has 2 aromatic rings. The van der Waals surface area contributed by atoms with E-state index in [9.17, 15) is 4.79 Å². The second-order valence-corrected chi connectivity index (χ2v) is 4.80. The number of methoxy groups -OCH3 is 1. The van der Waals surface area contributed by atoms with Crippen molar-refractivity contribution in [1.82, 2.24) is 24.5 Å². The van der Waals surface area contributed by atoms with Crippen LogP contribution in [0.2, 0.25) is 0 Å². The minimum Gasteiger partial charge on any atom is -0.383 e. The number of nitrogens with zero attached hydrogens (tertiary/aromatic N) is 5. The number of aromatic nitrogens is 4. The van der Waals surface area contributed by atoms with Crippen LogP contribution in [0.4, 0.5) is 0 Å². The summed E-state index contributed by atoms with van der Waals surface area (Å²) in [4.78, 5) is 12.9. The average molecular weight is 291 g/mol. The summed E-state index contributed by atoms with van der Waals surface area (Å²) < 4.78 is 8.40. The largest absolute Gasteiger partial charge is 0.383 e. The molecule has 1 aliphatic heterocycles. The molecule has 0 saturated carbocycles. The van der Waals surface area contributed by atoms with Crippen LogP contribution in [0.5, 0.6) is 0 Å². The van der Waals surface area contributed by atoms with Crippen LogP contribution >= 0.6 is 0 Å². The molecule has 2 aromatic heterocycles. The van der Waals surface area contributed by atoms with Crippen LogP contribution in [0.3, 0.4) is 0 Å². The molecule has 1 aliphatic rings. The van der Waals surface area contributed by atoms with Gasteiger partial charge < -0.3 is 4.74 Å². The van der Waals surface area contributed by atoms with E-state index in [1.54, 1.807) is 26.4 Å². The van der Waals surface area contributed by atoms with Crippen molar-refractivity contribution in [2.45, 2.75) is 13.1 Å². The van der Waals surface area contributed by atoms with Crippen LogP contribution in [0.15, 0.2) is 35.4 Å². The van der Waals surface area contributed by atoms with Gasteiger partial charge in [0, 0.05) is 52.3 Å². The van der Waals surface area contributed by atoms with E-state index in [1.165, 1.54) is 16.4 Å². The number of ether oxygens (including phenoxy) is 1. The summed E-state index contributed by atoms with van der Waals surface area (Å²) in [6.45, 7) is 4.92. The minimum atomic E-state index is -0.0764. The summed E-state index contributed by atoms with van der Waals surface area (Å²) in [5.41, 5.74) is 1.23. The molecule has 0 N–H and O–H groups in total. The number of rotatable bonds is 3. The standard InChI is InChI=1S/C9H15N3O.C5H6N2O/c1-13-7-6-11-4-5-12-9(8-11)2-3-10-12;1-7-5(8)3-2-4-6-7/h2-3H,4-8H2,1H3;2-4H,1H3. The van der Waals surface area contributed by atoms with Gasteiger partial charge in [0.25, 0.3) is 5.56 Å². The molecule has 0 radical (unpaired) electrons. The lowest BCUT2D eigenvalue weighted by Crippen LogP contribution is -2.35. The maximum Gasteiger partial charge on any atom is 0.266 e. The van der Waals surface area contributed by atoms with Crippen LogP contribution in [-0.4, -0.2) is 51.3 Å². The quantitative estimate of drug-likeness (QED) is 0.804. The van der Waals surface area contributed by atoms with Crippen LogP contribution in [-0.2, 0) is 24.9 Å². The molecule has 0 saturated heterocycles. The van der Waals surface area contributed by atoms with Crippen molar-refractivity contribution < 1.29 is 4.74 Å². The highest BCUT2D eigenvalue weighted by molar-refractivity contribution is 5.02. The Labute approximate surface area is 123 Å². The number of fused-ring (bicyclic) bond motifs is 1. The monoisotopic (exact) mass is 291 g/mol. The van der Waals surface area contributed by atoms with E-state index < -0.39 is 0 Å². The van der Waals surface area contributed by atoms with Crippen molar-refractivity contribution >= 4 is 0 Å². The third-order valence-corrected chi connectivity index (χ3v) is 3.31. The van der Waals surface area contributed by atoms with Gasteiger partial charge in [0.1, 0.15) is 0 Å². The topological polar surface area (TPSA) is 65.2 Å². The first-order valence-electron chi connectivity index (χ1n) is 6.91. The van der Waals surface area contributed by atoms with E-state index >= 15 is 0 Å². The predicted octanol–water partition coefficient (Wildman–Crippen LogP) is 0.125. The van der Waals surface area contributed by atoms with Crippen molar-refractivity contribution in [3.05, 3.63) is 46.6 Å². The van der Waals surface area contributed by atoms with E-state index in [4.69, 9.17) is 4.74 Å². The van der Waals surface area contributed by atoms with Gasteiger partial charge >= 0.3 is 0 Å². The van der Waals surface area contributed by atoms with Gasteiger partial charge in [-0.05, 0) is 12.1 Å². The van der Waals surface area contributed by atoms with Gasteiger partial charge in [-0.2, -0.15) is 10.2 Å². The number of hydrogen-bond acceptors (Lipinski definition) is 5. The molecule has 3 rings (SSSR count). The fourth-order valence-electron chi connectivity index (χ4n) is 2.08. The predicted molar refractivity (Wildman–Crippen MR) is 78.9 cm³/mol. The number of aryl methyl sites for hydroxylation is 1. The van der Waals surface area contributed by atoms with Gasteiger partial charge in [-0.15, -0.1) is 0 Å². The van der Waals surface area contributed by atoms with Gasteiger partial charge in [-0.3, -0.25) is 14.4 Å². The van der Waals surface area contributed by atoms with Crippen LogP contribution in [0.25, 0.3) is 0 Å². The van der Waals surface area contributed by atoms with E-state index in [-0.39, 0.29) is 5.56 Å². The third-order valence-electron chi connectivity index (χ3n) is 3.31. The van der Waals surface area contributed by atoms with Crippen molar-refractivity contribution in [3.63, 3.8) is 0 Å². The molecule has 0 bridgehead atoms. The Morgan fingerprint density at radius 1 is 1.24 bits per heavy atom. The molecule has 7 heteroatoms. The highest BCUT2D eigenvalue weighted by Crippen LogP contribution is 2.09. The Balaban J connectivity index is 0.000000173. The lowest BCUT2D eigenvalue weighted by Gasteiger charge is -2.26. The van der Waals surface area contributed by atoms with Gasteiger partial charge in [0.2, 0.25) is 0 Å². The molecule has 7 nitrogen and oxygen atoms in total. The van der Waals surface area contributed by atoms with Crippen molar-refractivity contribution in [1.29, 1.82) is 0 Å². The third kappa shape index (κ3) is 4.51. The average Bonchev–Trinajstić information content (AvgIpc) is 2.96. The minimum absolute atomic E-state index is 0.0764. The first-order valence-corrected chi connectivity index (χ1v) is 6.91. The molecule has 114 valence electrons. The van der Waals surface area contributed by atoms with Crippen molar-refractivity contribution in [2.24, 2.45) is 7.05 Å². The molecule has 0 atom stereocenters. The summed E-state index contributed by atoms with van der Waals surface area (Å²) in [6.07, 6.45) is 3.44. The Bertz CT molecular complexity index is 607. The zero-order chi connectivity index (χ0) is 15.1. The molecule has 0 aliphatic carbocycles. The summed E-state index contributed by atoms with van der Waals surface area (Å²) in [5, 5.41) is 7.91. The van der Waals surface area contributed by atoms with Gasteiger partial charge in [-0.1, -0.05) is 0 Å². The molecule has 0 fully saturated rings. The fourth-order valence-corrected chi connectivity index (χ4v) is 2.08. The van der Waals surface area contributed by atoms with Crippen LogP contribution < -0.4 is 5.56 Å². The molecular weight excluding hydrogens is 270 g/mol. The second kappa shape index (κ2) is 7.70. The van der Waals surface area contributed by atoms with E-state index in [1.807, 2.05) is 6.20 Å².